The Kier molecular flexibility index (Phi) is 5.06. The Balaban J connectivity index is 2.33. The van der Waals surface area contributed by atoms with Crippen LogP contribution in [0.3, 0.4) is 0 Å². The Labute approximate surface area is 132 Å². The van der Waals surface area contributed by atoms with Gasteiger partial charge >= 0.3 is 0 Å². The van der Waals surface area contributed by atoms with Crippen molar-refractivity contribution in [2.45, 2.75) is 26.8 Å². The van der Waals surface area contributed by atoms with Crippen LogP contribution in [-0.4, -0.2) is 30.1 Å². The summed E-state index contributed by atoms with van der Waals surface area (Å²) in [6, 6.07) is 0. The summed E-state index contributed by atoms with van der Waals surface area (Å²) in [5.41, 5.74) is 3.54. The van der Waals surface area contributed by atoms with Gasteiger partial charge in [0.05, 0.1) is 10.4 Å². The Morgan fingerprint density at radius 3 is 2.82 bits per heavy atom. The van der Waals surface area contributed by atoms with Crippen LogP contribution in [0.4, 0.5) is 5.82 Å². The first kappa shape index (κ1) is 16.7. The van der Waals surface area contributed by atoms with Crippen molar-refractivity contribution < 1.29 is 18.1 Å². The lowest BCUT2D eigenvalue weighted by atomic mass is 10.2. The molecular weight excluding hydrogens is 326 g/mol. The number of nitrogens with zero attached hydrogens (tertiary/aromatic N) is 3. The van der Waals surface area contributed by atoms with Crippen LogP contribution < -0.4 is 14.4 Å². The zero-order chi connectivity index (χ0) is 16.3. The van der Waals surface area contributed by atoms with Gasteiger partial charge < -0.3 is 5.11 Å². The first-order valence-corrected chi connectivity index (χ1v) is 8.93. The molecule has 0 saturated carbocycles. The molecule has 8 nitrogen and oxygen atoms in total. The molecule has 0 spiro atoms. The molecule has 0 radical (unpaired) electrons. The van der Waals surface area contributed by atoms with Gasteiger partial charge in [0.2, 0.25) is 5.51 Å². The first-order valence-electron chi connectivity index (χ1n) is 6.50. The van der Waals surface area contributed by atoms with Gasteiger partial charge in [0.25, 0.3) is 10.2 Å². The fourth-order valence-corrected chi connectivity index (χ4v) is 3.40. The third-order valence-corrected chi connectivity index (χ3v) is 4.68. The molecule has 0 fully saturated rings. The molecule has 120 valence electrons. The molecule has 0 aromatic carbocycles. The Bertz CT molecular complexity index is 773. The van der Waals surface area contributed by atoms with E-state index >= 15 is 0 Å². The molecule has 4 N–H and O–H groups in total. The van der Waals surface area contributed by atoms with E-state index in [0.717, 1.165) is 10.6 Å². The quantitative estimate of drug-likeness (QED) is 0.618. The fourth-order valence-electron chi connectivity index (χ4n) is 1.97. The number of aliphatic hydroxyl groups is 1. The molecule has 0 aliphatic rings. The van der Waals surface area contributed by atoms with Crippen LogP contribution in [0.5, 0.6) is 0 Å². The molecule has 0 amide bonds. The molecule has 0 unspecified atom stereocenters. The molecular formula is C12H18N5O3S2+. The highest BCUT2D eigenvalue weighted by molar-refractivity contribution is 7.90. The lowest BCUT2D eigenvalue weighted by molar-refractivity contribution is -0.689. The number of nitrogens with one attached hydrogen (secondary N) is 1. The van der Waals surface area contributed by atoms with Crippen LogP contribution in [-0.2, 0) is 23.2 Å². The lowest BCUT2D eigenvalue weighted by Gasteiger charge is -2.07. The van der Waals surface area contributed by atoms with E-state index in [1.807, 2.05) is 17.0 Å². The Morgan fingerprint density at radius 1 is 1.45 bits per heavy atom. The van der Waals surface area contributed by atoms with Crippen molar-refractivity contribution in [1.29, 1.82) is 0 Å². The van der Waals surface area contributed by atoms with Crippen LogP contribution in [0.1, 0.15) is 22.0 Å². The van der Waals surface area contributed by atoms with Gasteiger partial charge in [0, 0.05) is 26.1 Å². The smallest absolute Gasteiger partial charge is 0.297 e. The molecule has 0 atom stereocenters. The highest BCUT2D eigenvalue weighted by Gasteiger charge is 2.19. The van der Waals surface area contributed by atoms with Crippen molar-refractivity contribution in [3.05, 3.63) is 33.7 Å². The lowest BCUT2D eigenvalue weighted by Crippen LogP contribution is -2.36. The van der Waals surface area contributed by atoms with Gasteiger partial charge in [-0.2, -0.15) is 13.0 Å². The number of rotatable bonds is 6. The number of hydrogen-bond acceptors (Lipinski definition) is 6. The van der Waals surface area contributed by atoms with E-state index in [1.165, 1.54) is 0 Å². The highest BCUT2D eigenvalue weighted by Crippen LogP contribution is 2.15. The normalized spacial score (nSPS) is 11.6. The van der Waals surface area contributed by atoms with Gasteiger partial charge in [-0.05, 0) is 6.92 Å². The van der Waals surface area contributed by atoms with Crippen molar-refractivity contribution in [3.8, 4) is 0 Å². The third kappa shape index (κ3) is 4.19. The van der Waals surface area contributed by atoms with Crippen molar-refractivity contribution in [3.63, 3.8) is 0 Å². The van der Waals surface area contributed by atoms with Crippen LogP contribution in [0.25, 0.3) is 0 Å². The van der Waals surface area contributed by atoms with Crippen molar-refractivity contribution >= 4 is 27.4 Å². The molecule has 2 aromatic rings. The first-order chi connectivity index (χ1) is 10.3. The summed E-state index contributed by atoms with van der Waals surface area (Å²) < 4.78 is 26.7. The van der Waals surface area contributed by atoms with E-state index in [9.17, 15) is 8.42 Å². The average Bonchev–Trinajstić information content (AvgIpc) is 2.73. The minimum atomic E-state index is -3.90. The summed E-state index contributed by atoms with van der Waals surface area (Å²) in [6.45, 7) is 4.11. The standard InChI is InChI=1S/C12H18N5O3S2/c1-8-11(3-4-18)21-7-17(8)6-10-5-14-9(2)15-12(10)16-22(13,19)20/h5,7,18H,3-4,6H2,1-2H3,(H2,13,19,20)(H,14,15,16)/q+1. The molecule has 2 aromatic heterocycles. The maximum Gasteiger partial charge on any atom is 0.297 e. The minimum absolute atomic E-state index is 0.0905. The second-order valence-electron chi connectivity index (χ2n) is 4.77. The van der Waals surface area contributed by atoms with Crippen molar-refractivity contribution in [1.82, 2.24) is 9.97 Å². The second-order valence-corrected chi connectivity index (χ2v) is 7.00. The fraction of sp³-hybridized carbons (Fsp3) is 0.417. The van der Waals surface area contributed by atoms with E-state index < -0.39 is 10.2 Å². The topological polar surface area (TPSA) is 122 Å². The van der Waals surface area contributed by atoms with Gasteiger partial charge in [-0.1, -0.05) is 11.3 Å². The number of thiazole rings is 1. The van der Waals surface area contributed by atoms with E-state index in [1.54, 1.807) is 24.5 Å². The molecule has 0 saturated heterocycles. The SMILES string of the molecule is Cc1ncc(C[n+]2csc(CCO)c2C)c(NS(N)(=O)=O)n1. The maximum absolute atomic E-state index is 11.2. The zero-order valence-electron chi connectivity index (χ0n) is 12.3. The molecule has 2 rings (SSSR count). The minimum Gasteiger partial charge on any atom is -0.396 e. The van der Waals surface area contributed by atoms with Crippen LogP contribution in [0.2, 0.25) is 0 Å². The van der Waals surface area contributed by atoms with Crippen LogP contribution >= 0.6 is 11.3 Å². The van der Waals surface area contributed by atoms with Gasteiger partial charge in [-0.25, -0.2) is 15.1 Å². The molecule has 10 heteroatoms. The number of nitrogens with two attached hydrogens (primary N) is 1. The van der Waals surface area contributed by atoms with Crippen molar-refractivity contribution in [2.75, 3.05) is 11.3 Å². The number of aliphatic hydroxyl groups excluding tert-OH is 1. The average molecular weight is 344 g/mol. The highest BCUT2D eigenvalue weighted by atomic mass is 32.2. The van der Waals surface area contributed by atoms with E-state index in [2.05, 4.69) is 14.7 Å². The predicted molar refractivity (Wildman–Crippen MR) is 82.6 cm³/mol. The number of aryl methyl sites for hydroxylation is 1. The summed E-state index contributed by atoms with van der Waals surface area (Å²) >= 11 is 1.54. The number of hydrogen-bond donors (Lipinski definition) is 3. The molecule has 22 heavy (non-hydrogen) atoms. The Hall–Kier alpha value is -1.62. The van der Waals surface area contributed by atoms with Gasteiger partial charge in [-0.3, -0.25) is 4.72 Å². The number of aromatic nitrogens is 3. The zero-order valence-corrected chi connectivity index (χ0v) is 13.9. The maximum atomic E-state index is 11.2. The monoisotopic (exact) mass is 344 g/mol. The molecule has 0 aliphatic carbocycles. The van der Waals surface area contributed by atoms with Crippen molar-refractivity contribution in [2.24, 2.45) is 5.14 Å². The van der Waals surface area contributed by atoms with E-state index in [4.69, 9.17) is 10.2 Å². The summed E-state index contributed by atoms with van der Waals surface area (Å²) in [4.78, 5) is 9.28. The summed E-state index contributed by atoms with van der Waals surface area (Å²) in [7, 11) is -3.90. The van der Waals surface area contributed by atoms with E-state index in [-0.39, 0.29) is 12.4 Å². The molecule has 0 aliphatic heterocycles. The number of anilines is 1. The van der Waals surface area contributed by atoms with Gasteiger partial charge in [-0.15, -0.1) is 0 Å². The summed E-state index contributed by atoms with van der Waals surface area (Å²) in [5, 5.41) is 14.1. The molecule has 2 heterocycles. The van der Waals surface area contributed by atoms with Gasteiger partial charge in [0.1, 0.15) is 5.82 Å². The van der Waals surface area contributed by atoms with Crippen LogP contribution in [0, 0.1) is 13.8 Å². The largest absolute Gasteiger partial charge is 0.396 e. The third-order valence-electron chi connectivity index (χ3n) is 3.06. The summed E-state index contributed by atoms with van der Waals surface area (Å²) in [6.07, 6.45) is 2.17. The van der Waals surface area contributed by atoms with Gasteiger partial charge in [0.15, 0.2) is 18.1 Å². The van der Waals surface area contributed by atoms with E-state index in [0.29, 0.717) is 24.4 Å². The summed E-state index contributed by atoms with van der Waals surface area (Å²) in [5.74, 6) is 0.625. The second kappa shape index (κ2) is 6.65. The van der Waals surface area contributed by atoms with Crippen LogP contribution in [0.15, 0.2) is 11.7 Å². The Morgan fingerprint density at radius 2 is 2.18 bits per heavy atom. The predicted octanol–water partition coefficient (Wildman–Crippen LogP) is -0.359. The molecule has 0 bridgehead atoms.